The van der Waals surface area contributed by atoms with Crippen LogP contribution in [0.4, 0.5) is 0 Å². The number of carbonyl (C=O) groups is 1. The Morgan fingerprint density at radius 3 is 2.59 bits per heavy atom. The van der Waals surface area contributed by atoms with E-state index in [1.807, 2.05) is 31.2 Å². The molecule has 1 N–H and O–H groups in total. The van der Waals surface area contributed by atoms with Crippen molar-refractivity contribution in [1.82, 2.24) is 4.90 Å². The highest BCUT2D eigenvalue weighted by Crippen LogP contribution is 2.24. The average molecular weight is 254 g/mol. The number of carboxylic acid groups (broad SMARTS) is 1. The Morgan fingerprint density at radius 1 is 1.41 bits per heavy atom. The topological polar surface area (TPSA) is 40.5 Å². The number of nitrogens with zero attached hydrogens (tertiary/aromatic N) is 1. The highest BCUT2D eigenvalue weighted by molar-refractivity contribution is 6.30. The van der Waals surface area contributed by atoms with Gasteiger partial charge in [-0.15, -0.1) is 0 Å². The summed E-state index contributed by atoms with van der Waals surface area (Å²) in [5.74, 6) is -0.696. The van der Waals surface area contributed by atoms with E-state index in [1.54, 1.807) is 0 Å². The lowest BCUT2D eigenvalue weighted by Gasteiger charge is -2.15. The molecule has 1 aliphatic rings. The molecule has 0 saturated carbocycles. The van der Waals surface area contributed by atoms with Crippen molar-refractivity contribution in [3.8, 4) is 0 Å². The summed E-state index contributed by atoms with van der Waals surface area (Å²) in [6.07, 6.45) is 0. The highest BCUT2D eigenvalue weighted by Gasteiger charge is 2.34. The predicted octanol–water partition coefficient (Wildman–Crippen LogP) is 2.49. The van der Waals surface area contributed by atoms with E-state index >= 15 is 0 Å². The number of halogens is 1. The van der Waals surface area contributed by atoms with Crippen LogP contribution in [0.15, 0.2) is 24.3 Å². The van der Waals surface area contributed by atoms with Gasteiger partial charge in [0.05, 0.1) is 5.92 Å². The van der Waals surface area contributed by atoms with E-state index in [2.05, 4.69) is 4.90 Å². The van der Waals surface area contributed by atoms with E-state index in [4.69, 9.17) is 16.7 Å². The highest BCUT2D eigenvalue weighted by atomic mass is 35.5. The van der Waals surface area contributed by atoms with Crippen molar-refractivity contribution in [2.75, 3.05) is 13.1 Å². The van der Waals surface area contributed by atoms with Gasteiger partial charge in [-0.1, -0.05) is 30.7 Å². The van der Waals surface area contributed by atoms with Crippen molar-refractivity contribution in [1.29, 1.82) is 0 Å². The summed E-state index contributed by atoms with van der Waals surface area (Å²) >= 11 is 5.82. The molecular formula is C13H16ClNO2. The quantitative estimate of drug-likeness (QED) is 0.900. The maximum absolute atomic E-state index is 11.0. The molecule has 2 atom stereocenters. The molecule has 0 radical (unpaired) electrons. The van der Waals surface area contributed by atoms with Crippen molar-refractivity contribution in [3.63, 3.8) is 0 Å². The van der Waals surface area contributed by atoms with Crippen molar-refractivity contribution in [2.45, 2.75) is 13.5 Å². The molecule has 0 aromatic heterocycles. The molecule has 0 unspecified atom stereocenters. The minimum absolute atomic E-state index is 0.222. The average Bonchev–Trinajstić information content (AvgIpc) is 2.63. The predicted molar refractivity (Wildman–Crippen MR) is 67.0 cm³/mol. The zero-order chi connectivity index (χ0) is 12.4. The summed E-state index contributed by atoms with van der Waals surface area (Å²) in [4.78, 5) is 13.2. The summed E-state index contributed by atoms with van der Waals surface area (Å²) in [5.41, 5.74) is 1.17. The lowest BCUT2D eigenvalue weighted by Crippen LogP contribution is -2.23. The van der Waals surface area contributed by atoms with Gasteiger partial charge in [-0.25, -0.2) is 0 Å². The molecule has 1 heterocycles. The van der Waals surface area contributed by atoms with Gasteiger partial charge in [0.1, 0.15) is 0 Å². The van der Waals surface area contributed by atoms with E-state index in [0.29, 0.717) is 6.54 Å². The molecule has 0 aliphatic carbocycles. The summed E-state index contributed by atoms with van der Waals surface area (Å²) in [6, 6.07) is 7.71. The zero-order valence-electron chi connectivity index (χ0n) is 9.77. The Balaban J connectivity index is 1.97. The molecule has 1 aliphatic heterocycles. The van der Waals surface area contributed by atoms with Gasteiger partial charge in [0, 0.05) is 24.7 Å². The molecule has 1 fully saturated rings. The minimum Gasteiger partial charge on any atom is -0.481 e. The Morgan fingerprint density at radius 2 is 2.06 bits per heavy atom. The maximum Gasteiger partial charge on any atom is 0.308 e. The summed E-state index contributed by atoms with van der Waals surface area (Å²) in [7, 11) is 0. The zero-order valence-corrected chi connectivity index (χ0v) is 10.5. The second-order valence-electron chi connectivity index (χ2n) is 4.74. The Labute approximate surface area is 106 Å². The van der Waals surface area contributed by atoms with Crippen LogP contribution in [-0.4, -0.2) is 29.1 Å². The van der Waals surface area contributed by atoms with Gasteiger partial charge in [-0.2, -0.15) is 0 Å². The SMILES string of the molecule is C[C@@H]1CN(Cc2ccc(Cl)cc2)C[C@H]1C(=O)O. The number of hydrogen-bond donors (Lipinski definition) is 1. The fourth-order valence-electron chi connectivity index (χ4n) is 2.37. The molecule has 1 aromatic rings. The number of rotatable bonds is 3. The standard InChI is InChI=1S/C13H16ClNO2/c1-9-6-15(8-12(9)13(16)17)7-10-2-4-11(14)5-3-10/h2-5,9,12H,6-8H2,1H3,(H,16,17)/t9-,12-/m1/s1. The van der Waals surface area contributed by atoms with E-state index in [9.17, 15) is 4.79 Å². The summed E-state index contributed by atoms with van der Waals surface area (Å²) in [5, 5.41) is 9.79. The van der Waals surface area contributed by atoms with Crippen molar-refractivity contribution < 1.29 is 9.90 Å². The van der Waals surface area contributed by atoms with E-state index in [0.717, 1.165) is 18.1 Å². The van der Waals surface area contributed by atoms with Crippen LogP contribution < -0.4 is 0 Å². The second-order valence-corrected chi connectivity index (χ2v) is 5.18. The number of aliphatic carboxylic acids is 1. The molecule has 1 aromatic carbocycles. The smallest absolute Gasteiger partial charge is 0.308 e. The minimum atomic E-state index is -0.684. The van der Waals surface area contributed by atoms with Crippen LogP contribution in [-0.2, 0) is 11.3 Å². The van der Waals surface area contributed by atoms with Crippen LogP contribution >= 0.6 is 11.6 Å². The molecule has 0 spiro atoms. The molecule has 92 valence electrons. The Kier molecular flexibility index (Phi) is 3.69. The molecule has 3 nitrogen and oxygen atoms in total. The van der Waals surface area contributed by atoms with Gasteiger partial charge in [0.25, 0.3) is 0 Å². The maximum atomic E-state index is 11.0. The van der Waals surface area contributed by atoms with E-state index in [-0.39, 0.29) is 11.8 Å². The van der Waals surface area contributed by atoms with Crippen LogP contribution in [0, 0.1) is 11.8 Å². The first-order chi connectivity index (χ1) is 8.06. The van der Waals surface area contributed by atoms with Gasteiger partial charge in [0.2, 0.25) is 0 Å². The summed E-state index contributed by atoms with van der Waals surface area (Å²) < 4.78 is 0. The third-order valence-electron chi connectivity index (χ3n) is 3.32. The van der Waals surface area contributed by atoms with Gasteiger partial charge in [-0.05, 0) is 23.6 Å². The molecule has 0 bridgehead atoms. The number of likely N-dealkylation sites (tertiary alicyclic amines) is 1. The van der Waals surface area contributed by atoms with Crippen LogP contribution in [0.25, 0.3) is 0 Å². The molecular weight excluding hydrogens is 238 g/mol. The molecule has 2 rings (SSSR count). The fraction of sp³-hybridized carbons (Fsp3) is 0.462. The largest absolute Gasteiger partial charge is 0.481 e. The monoisotopic (exact) mass is 253 g/mol. The fourth-order valence-corrected chi connectivity index (χ4v) is 2.49. The normalized spacial score (nSPS) is 25.1. The van der Waals surface area contributed by atoms with Gasteiger partial charge < -0.3 is 5.11 Å². The third-order valence-corrected chi connectivity index (χ3v) is 3.58. The van der Waals surface area contributed by atoms with E-state index in [1.165, 1.54) is 5.56 Å². The lowest BCUT2D eigenvalue weighted by molar-refractivity contribution is -0.142. The molecule has 4 heteroatoms. The van der Waals surface area contributed by atoms with Crippen LogP contribution in [0.2, 0.25) is 5.02 Å². The Hall–Kier alpha value is -1.06. The van der Waals surface area contributed by atoms with Crippen LogP contribution in [0.5, 0.6) is 0 Å². The van der Waals surface area contributed by atoms with Crippen LogP contribution in [0.1, 0.15) is 12.5 Å². The number of carboxylic acids is 1. The second kappa shape index (κ2) is 5.07. The van der Waals surface area contributed by atoms with Crippen molar-refractivity contribution >= 4 is 17.6 Å². The first-order valence-corrected chi connectivity index (χ1v) is 6.13. The van der Waals surface area contributed by atoms with Crippen molar-refractivity contribution in [3.05, 3.63) is 34.9 Å². The number of benzene rings is 1. The first kappa shape index (κ1) is 12.4. The van der Waals surface area contributed by atoms with Crippen molar-refractivity contribution in [2.24, 2.45) is 11.8 Å². The molecule has 17 heavy (non-hydrogen) atoms. The van der Waals surface area contributed by atoms with Gasteiger partial charge in [-0.3, -0.25) is 9.69 Å². The van der Waals surface area contributed by atoms with Gasteiger partial charge >= 0.3 is 5.97 Å². The van der Waals surface area contributed by atoms with Gasteiger partial charge in [0.15, 0.2) is 0 Å². The molecule has 0 amide bonds. The Bertz CT molecular complexity index is 404. The third kappa shape index (κ3) is 2.99. The van der Waals surface area contributed by atoms with Crippen LogP contribution in [0.3, 0.4) is 0 Å². The van der Waals surface area contributed by atoms with E-state index < -0.39 is 5.97 Å². The summed E-state index contributed by atoms with van der Waals surface area (Å²) in [6.45, 7) is 4.28. The molecule has 1 saturated heterocycles. The number of hydrogen-bond acceptors (Lipinski definition) is 2. The lowest BCUT2D eigenvalue weighted by atomic mass is 9.99. The first-order valence-electron chi connectivity index (χ1n) is 5.76.